The summed E-state index contributed by atoms with van der Waals surface area (Å²) >= 11 is 0. The Kier molecular flexibility index (Phi) is 4.75. The molecule has 0 unspecified atom stereocenters. The van der Waals surface area contributed by atoms with Gasteiger partial charge in [0.25, 0.3) is 5.91 Å². The normalized spacial score (nSPS) is 19.8. The molecule has 24 heavy (non-hydrogen) atoms. The lowest BCUT2D eigenvalue weighted by Gasteiger charge is -2.41. The van der Waals surface area contributed by atoms with E-state index in [1.165, 1.54) is 4.31 Å². The maximum absolute atomic E-state index is 12.5. The second-order valence-electron chi connectivity index (χ2n) is 6.19. The summed E-state index contributed by atoms with van der Waals surface area (Å²) in [5.41, 5.74) is 0.524. The molecule has 2 aliphatic rings. The van der Waals surface area contributed by atoms with E-state index in [1.54, 1.807) is 23.2 Å². The second-order valence-corrected chi connectivity index (χ2v) is 8.40. The van der Waals surface area contributed by atoms with Gasteiger partial charge in [0.1, 0.15) is 11.1 Å². The highest BCUT2D eigenvalue weighted by molar-refractivity contribution is 7.89. The molecule has 3 heterocycles. The molecule has 0 bridgehead atoms. The Morgan fingerprint density at radius 3 is 2.58 bits per heavy atom. The van der Waals surface area contributed by atoms with Gasteiger partial charge in [-0.3, -0.25) is 4.79 Å². The number of pyridine rings is 1. The SMILES string of the molecule is CN(C)c1cc(C(=O)N2CC(S(=O)(=O)N3CCOCC3)C2)ccn1. The number of likely N-dealkylation sites (tertiary alicyclic amines) is 1. The van der Waals surface area contributed by atoms with Crippen LogP contribution in [-0.4, -0.2) is 87.3 Å². The first kappa shape index (κ1) is 17.1. The molecule has 1 aromatic rings. The van der Waals surface area contributed by atoms with Gasteiger partial charge in [-0.2, -0.15) is 4.31 Å². The van der Waals surface area contributed by atoms with Crippen molar-refractivity contribution in [2.75, 3.05) is 58.4 Å². The summed E-state index contributed by atoms with van der Waals surface area (Å²) in [6.45, 7) is 2.11. The van der Waals surface area contributed by atoms with Crippen LogP contribution < -0.4 is 4.90 Å². The summed E-state index contributed by atoms with van der Waals surface area (Å²) in [4.78, 5) is 20.1. The van der Waals surface area contributed by atoms with E-state index in [-0.39, 0.29) is 19.0 Å². The molecular formula is C15H22N4O4S. The zero-order valence-electron chi connectivity index (χ0n) is 13.9. The number of ether oxygens (including phenoxy) is 1. The first-order valence-corrected chi connectivity index (χ1v) is 9.39. The smallest absolute Gasteiger partial charge is 0.254 e. The van der Waals surface area contributed by atoms with Crippen LogP contribution in [-0.2, 0) is 14.8 Å². The second kappa shape index (κ2) is 6.66. The van der Waals surface area contributed by atoms with E-state index in [1.807, 2.05) is 19.0 Å². The Balaban J connectivity index is 1.63. The topological polar surface area (TPSA) is 83.1 Å². The van der Waals surface area contributed by atoms with Crippen LogP contribution in [0.3, 0.4) is 0 Å². The number of carbonyl (C=O) groups excluding carboxylic acids is 1. The Labute approximate surface area is 142 Å². The lowest BCUT2D eigenvalue weighted by atomic mass is 10.1. The third-order valence-electron chi connectivity index (χ3n) is 4.34. The number of anilines is 1. The van der Waals surface area contributed by atoms with Crippen LogP contribution in [0.15, 0.2) is 18.3 Å². The van der Waals surface area contributed by atoms with Crippen molar-refractivity contribution in [3.63, 3.8) is 0 Å². The third kappa shape index (κ3) is 3.24. The van der Waals surface area contributed by atoms with E-state index in [0.717, 1.165) is 0 Å². The zero-order valence-corrected chi connectivity index (χ0v) is 14.7. The van der Waals surface area contributed by atoms with Crippen molar-refractivity contribution in [1.29, 1.82) is 0 Å². The summed E-state index contributed by atoms with van der Waals surface area (Å²) in [5.74, 6) is 0.535. The van der Waals surface area contributed by atoms with Crippen LogP contribution in [0.1, 0.15) is 10.4 Å². The van der Waals surface area contributed by atoms with Crippen LogP contribution in [0.4, 0.5) is 5.82 Å². The summed E-state index contributed by atoms with van der Waals surface area (Å²) in [6.07, 6.45) is 1.59. The van der Waals surface area contributed by atoms with Crippen molar-refractivity contribution in [3.8, 4) is 0 Å². The van der Waals surface area contributed by atoms with Crippen molar-refractivity contribution in [2.45, 2.75) is 5.25 Å². The number of amides is 1. The van der Waals surface area contributed by atoms with E-state index in [9.17, 15) is 13.2 Å². The van der Waals surface area contributed by atoms with Gasteiger partial charge in [-0.15, -0.1) is 0 Å². The fraction of sp³-hybridized carbons (Fsp3) is 0.600. The molecular weight excluding hydrogens is 332 g/mol. The fourth-order valence-corrected chi connectivity index (χ4v) is 4.60. The standard InChI is InChI=1S/C15H22N4O4S/c1-17(2)14-9-12(3-4-16-14)15(20)18-10-13(11-18)24(21,22)19-5-7-23-8-6-19/h3-4,9,13H,5-8,10-11H2,1-2H3. The Morgan fingerprint density at radius 2 is 1.96 bits per heavy atom. The van der Waals surface area contributed by atoms with Gasteiger partial charge in [-0.05, 0) is 12.1 Å². The van der Waals surface area contributed by atoms with Gasteiger partial charge < -0.3 is 14.5 Å². The van der Waals surface area contributed by atoms with Gasteiger partial charge >= 0.3 is 0 Å². The molecule has 8 nitrogen and oxygen atoms in total. The summed E-state index contributed by atoms with van der Waals surface area (Å²) < 4.78 is 31.7. The molecule has 0 N–H and O–H groups in total. The van der Waals surface area contributed by atoms with Crippen molar-refractivity contribution in [3.05, 3.63) is 23.9 Å². The molecule has 1 amide bonds. The maximum Gasteiger partial charge on any atom is 0.254 e. The van der Waals surface area contributed by atoms with E-state index in [0.29, 0.717) is 37.7 Å². The van der Waals surface area contributed by atoms with Crippen LogP contribution in [0.2, 0.25) is 0 Å². The quantitative estimate of drug-likeness (QED) is 0.734. The summed E-state index contributed by atoms with van der Waals surface area (Å²) in [6, 6.07) is 3.37. The largest absolute Gasteiger partial charge is 0.379 e. The Hall–Kier alpha value is -1.71. The number of hydrogen-bond donors (Lipinski definition) is 0. The molecule has 132 valence electrons. The van der Waals surface area contributed by atoms with E-state index in [2.05, 4.69) is 4.98 Å². The molecule has 9 heteroatoms. The van der Waals surface area contributed by atoms with E-state index in [4.69, 9.17) is 4.74 Å². The molecule has 3 rings (SSSR count). The maximum atomic E-state index is 12.5. The molecule has 2 aliphatic heterocycles. The van der Waals surface area contributed by atoms with Crippen molar-refractivity contribution >= 4 is 21.7 Å². The minimum Gasteiger partial charge on any atom is -0.379 e. The van der Waals surface area contributed by atoms with Gasteiger partial charge in [0.15, 0.2) is 0 Å². The average molecular weight is 354 g/mol. The lowest BCUT2D eigenvalue weighted by Crippen LogP contribution is -2.60. The van der Waals surface area contributed by atoms with Gasteiger partial charge in [-0.1, -0.05) is 0 Å². The number of carbonyl (C=O) groups is 1. The minimum absolute atomic E-state index is 0.158. The number of sulfonamides is 1. The van der Waals surface area contributed by atoms with Crippen molar-refractivity contribution in [2.24, 2.45) is 0 Å². The Bertz CT molecular complexity index is 710. The molecule has 0 spiro atoms. The number of hydrogen-bond acceptors (Lipinski definition) is 6. The molecule has 0 saturated carbocycles. The number of nitrogens with zero attached hydrogens (tertiary/aromatic N) is 4. The average Bonchev–Trinajstić information content (AvgIpc) is 2.54. The highest BCUT2D eigenvalue weighted by atomic mass is 32.2. The molecule has 0 aliphatic carbocycles. The van der Waals surface area contributed by atoms with E-state index < -0.39 is 15.3 Å². The molecule has 1 aromatic heterocycles. The molecule has 0 radical (unpaired) electrons. The molecule has 0 atom stereocenters. The molecule has 2 fully saturated rings. The number of aromatic nitrogens is 1. The summed E-state index contributed by atoms with van der Waals surface area (Å²) in [5, 5.41) is -0.519. The molecule has 2 saturated heterocycles. The third-order valence-corrected chi connectivity index (χ3v) is 6.56. The van der Waals surface area contributed by atoms with Crippen LogP contribution >= 0.6 is 0 Å². The predicted octanol–water partition coefficient (Wildman–Crippen LogP) is -0.366. The van der Waals surface area contributed by atoms with Gasteiger partial charge in [-0.25, -0.2) is 13.4 Å². The Morgan fingerprint density at radius 1 is 1.29 bits per heavy atom. The van der Waals surface area contributed by atoms with Gasteiger partial charge in [0.2, 0.25) is 10.0 Å². The first-order valence-electron chi connectivity index (χ1n) is 7.89. The number of rotatable bonds is 4. The minimum atomic E-state index is -3.36. The monoisotopic (exact) mass is 354 g/mol. The predicted molar refractivity (Wildman–Crippen MR) is 89.6 cm³/mol. The highest BCUT2D eigenvalue weighted by Gasteiger charge is 2.43. The fourth-order valence-electron chi connectivity index (χ4n) is 2.78. The van der Waals surface area contributed by atoms with Crippen LogP contribution in [0.5, 0.6) is 0 Å². The van der Waals surface area contributed by atoms with Gasteiger partial charge in [0.05, 0.1) is 13.2 Å². The highest BCUT2D eigenvalue weighted by Crippen LogP contribution is 2.23. The van der Waals surface area contributed by atoms with Crippen molar-refractivity contribution in [1.82, 2.24) is 14.2 Å². The van der Waals surface area contributed by atoms with Gasteiger partial charge in [0, 0.05) is 52.0 Å². The van der Waals surface area contributed by atoms with Crippen LogP contribution in [0.25, 0.3) is 0 Å². The number of morpholine rings is 1. The zero-order chi connectivity index (χ0) is 17.3. The van der Waals surface area contributed by atoms with Crippen LogP contribution in [0, 0.1) is 0 Å². The molecule has 0 aromatic carbocycles. The first-order chi connectivity index (χ1) is 11.4. The lowest BCUT2D eigenvalue weighted by molar-refractivity contribution is 0.0617. The van der Waals surface area contributed by atoms with Crippen molar-refractivity contribution < 1.29 is 17.9 Å². The van der Waals surface area contributed by atoms with E-state index >= 15 is 0 Å². The summed E-state index contributed by atoms with van der Waals surface area (Å²) in [7, 11) is 0.348.